The number of nitrogens with two attached hydrogens (primary N) is 1. The Morgan fingerprint density at radius 3 is 2.44 bits per heavy atom. The number of carbonyl (C=O) groups is 1. The maximum Gasteiger partial charge on any atom is 0.254 e. The molecule has 0 radical (unpaired) electrons. The Hall–Kier alpha value is -2.54. The number of nitrogen functional groups attached to an aromatic ring is 1. The number of carbonyl (C=O) groups excluding carboxylic acids is 1. The Morgan fingerprint density at radius 1 is 1.09 bits per heavy atom. The Morgan fingerprint density at radius 2 is 1.76 bits per heavy atom. The molecule has 0 amide bonds. The van der Waals surface area contributed by atoms with Crippen LogP contribution in [-0.4, -0.2) is 29.6 Å². The number of halogens is 1. The minimum absolute atomic E-state index is 0.0566. The highest BCUT2D eigenvalue weighted by molar-refractivity contribution is 7.14. The number of thiophene rings is 1. The molecule has 0 unspecified atom stereocenters. The summed E-state index contributed by atoms with van der Waals surface area (Å²) in [5.41, 5.74) is 9.66. The predicted molar refractivity (Wildman–Crippen MR) is 137 cm³/mol. The first kappa shape index (κ1) is 23.2. The van der Waals surface area contributed by atoms with Gasteiger partial charge in [0, 0.05) is 43.1 Å². The van der Waals surface area contributed by atoms with Crippen LogP contribution in [0.5, 0.6) is 11.5 Å². The van der Waals surface area contributed by atoms with Crippen LogP contribution < -0.4 is 15.2 Å². The predicted octanol–water partition coefficient (Wildman–Crippen LogP) is 6.28. The summed E-state index contributed by atoms with van der Waals surface area (Å²) in [6.45, 7) is 8.88. The number of ether oxygens (including phenoxy) is 2. The van der Waals surface area contributed by atoms with Crippen LogP contribution in [0.15, 0.2) is 47.8 Å². The van der Waals surface area contributed by atoms with E-state index in [4.69, 9.17) is 26.8 Å². The van der Waals surface area contributed by atoms with E-state index in [1.165, 1.54) is 16.9 Å². The van der Waals surface area contributed by atoms with Crippen molar-refractivity contribution in [3.8, 4) is 11.5 Å². The molecular formula is C27H29ClN2O3S. The molecule has 0 saturated carbocycles. The van der Waals surface area contributed by atoms with E-state index in [9.17, 15) is 4.79 Å². The van der Waals surface area contributed by atoms with Gasteiger partial charge in [-0.2, -0.15) is 0 Å². The maximum atomic E-state index is 13.2. The Kier molecular flexibility index (Phi) is 5.87. The van der Waals surface area contributed by atoms with Crippen molar-refractivity contribution in [2.45, 2.75) is 51.4 Å². The Bertz CT molecular complexity index is 1220. The molecule has 2 aliphatic heterocycles. The molecule has 5 rings (SSSR count). The first-order valence-corrected chi connectivity index (χ1v) is 12.8. The molecule has 1 spiro atoms. The third-order valence-electron chi connectivity index (χ3n) is 6.64. The first-order chi connectivity index (χ1) is 16.1. The molecule has 2 N–H and O–H groups in total. The lowest BCUT2D eigenvalue weighted by Crippen LogP contribution is -2.49. The number of piperidine rings is 1. The highest BCUT2D eigenvalue weighted by Crippen LogP contribution is 2.45. The standard InChI is InChI=1S/C27H29ClN2O3S/c1-26(2,3)19-6-9-21-22(14-19)33-27(32-21)10-12-30(13-11-27)15-18-16-34-25(29)23(18)24(31)17-4-7-20(28)8-5-17/h4-9,14,16H,10-13,15,29H2,1-3H3. The molecule has 3 aromatic rings. The van der Waals surface area contributed by atoms with Crippen LogP contribution in [0.2, 0.25) is 5.02 Å². The molecule has 7 heteroatoms. The lowest BCUT2D eigenvalue weighted by atomic mass is 9.87. The Labute approximate surface area is 209 Å². The summed E-state index contributed by atoms with van der Waals surface area (Å²) in [7, 11) is 0. The average Bonchev–Trinajstić information content (AvgIpc) is 3.34. The van der Waals surface area contributed by atoms with Gasteiger partial charge in [-0.25, -0.2) is 0 Å². The molecule has 5 nitrogen and oxygen atoms in total. The lowest BCUT2D eigenvalue weighted by Gasteiger charge is -2.37. The zero-order valence-electron chi connectivity index (χ0n) is 19.7. The quantitative estimate of drug-likeness (QED) is 0.431. The molecular weight excluding hydrogens is 468 g/mol. The van der Waals surface area contributed by atoms with Crippen LogP contribution in [0, 0.1) is 0 Å². The van der Waals surface area contributed by atoms with E-state index >= 15 is 0 Å². The highest BCUT2D eigenvalue weighted by atomic mass is 35.5. The van der Waals surface area contributed by atoms with Crippen LogP contribution in [0.25, 0.3) is 0 Å². The van der Waals surface area contributed by atoms with Gasteiger partial charge in [0.25, 0.3) is 5.79 Å². The third kappa shape index (κ3) is 4.42. The smallest absolute Gasteiger partial charge is 0.254 e. The summed E-state index contributed by atoms with van der Waals surface area (Å²) >= 11 is 7.39. The van der Waals surface area contributed by atoms with Gasteiger partial charge in [-0.1, -0.05) is 38.4 Å². The largest absolute Gasteiger partial charge is 0.448 e. The monoisotopic (exact) mass is 496 g/mol. The summed E-state index contributed by atoms with van der Waals surface area (Å²) in [6, 6.07) is 13.2. The fourth-order valence-electron chi connectivity index (χ4n) is 4.59. The van der Waals surface area contributed by atoms with Crippen molar-refractivity contribution in [3.63, 3.8) is 0 Å². The zero-order chi connectivity index (χ0) is 24.1. The van der Waals surface area contributed by atoms with Gasteiger partial charge in [0.05, 0.1) is 10.6 Å². The number of benzene rings is 2. The highest BCUT2D eigenvalue weighted by Gasteiger charge is 2.44. The zero-order valence-corrected chi connectivity index (χ0v) is 21.3. The second-order valence-electron chi connectivity index (χ2n) is 10.1. The van der Waals surface area contributed by atoms with Gasteiger partial charge in [-0.15, -0.1) is 11.3 Å². The summed E-state index contributed by atoms with van der Waals surface area (Å²) in [6.07, 6.45) is 1.51. The van der Waals surface area contributed by atoms with Gasteiger partial charge in [0.2, 0.25) is 0 Å². The first-order valence-electron chi connectivity index (χ1n) is 11.5. The van der Waals surface area contributed by atoms with E-state index in [1.807, 2.05) is 11.4 Å². The third-order valence-corrected chi connectivity index (χ3v) is 7.76. The van der Waals surface area contributed by atoms with Gasteiger partial charge >= 0.3 is 0 Å². The van der Waals surface area contributed by atoms with Crippen LogP contribution in [0.1, 0.15) is 60.7 Å². The maximum absolute atomic E-state index is 13.2. The minimum atomic E-state index is -0.606. The van der Waals surface area contributed by atoms with Crippen molar-refractivity contribution < 1.29 is 14.3 Å². The lowest BCUT2D eigenvalue weighted by molar-refractivity contribution is -0.119. The summed E-state index contributed by atoms with van der Waals surface area (Å²) in [4.78, 5) is 15.5. The fraction of sp³-hybridized carbons (Fsp3) is 0.370. The van der Waals surface area contributed by atoms with Crippen molar-refractivity contribution in [2.24, 2.45) is 0 Å². The molecule has 1 saturated heterocycles. The molecule has 0 bridgehead atoms. The molecule has 2 aliphatic rings. The molecule has 34 heavy (non-hydrogen) atoms. The SMILES string of the molecule is CC(C)(C)c1ccc2c(c1)OC1(CCN(Cc3csc(N)c3C(=O)c3ccc(Cl)cc3)CC1)O2. The van der Waals surface area contributed by atoms with Crippen LogP contribution >= 0.6 is 22.9 Å². The number of hydrogen-bond acceptors (Lipinski definition) is 6. The number of rotatable bonds is 4. The van der Waals surface area contributed by atoms with Crippen molar-refractivity contribution in [2.75, 3.05) is 18.8 Å². The van der Waals surface area contributed by atoms with E-state index in [0.717, 1.165) is 43.0 Å². The normalized spacial score (nSPS) is 17.3. The average molecular weight is 497 g/mol. The molecule has 178 valence electrons. The van der Waals surface area contributed by atoms with Gasteiger partial charge in [-0.05, 0) is 58.3 Å². The number of ketones is 1. The second kappa shape index (κ2) is 8.59. The van der Waals surface area contributed by atoms with E-state index in [-0.39, 0.29) is 11.2 Å². The molecule has 1 aromatic heterocycles. The van der Waals surface area contributed by atoms with Crippen molar-refractivity contribution >= 4 is 33.7 Å². The molecule has 0 atom stereocenters. The number of anilines is 1. The van der Waals surface area contributed by atoms with E-state index < -0.39 is 5.79 Å². The van der Waals surface area contributed by atoms with E-state index in [1.54, 1.807) is 24.3 Å². The van der Waals surface area contributed by atoms with Gasteiger partial charge < -0.3 is 15.2 Å². The number of fused-ring (bicyclic) bond motifs is 1. The molecule has 1 fully saturated rings. The number of nitrogens with zero attached hydrogens (tertiary/aromatic N) is 1. The van der Waals surface area contributed by atoms with Crippen LogP contribution in [0.3, 0.4) is 0 Å². The summed E-state index contributed by atoms with van der Waals surface area (Å²) < 4.78 is 12.7. The molecule has 2 aromatic carbocycles. The van der Waals surface area contributed by atoms with Crippen molar-refractivity contribution in [1.29, 1.82) is 0 Å². The van der Waals surface area contributed by atoms with E-state index in [2.05, 4.69) is 37.8 Å². The van der Waals surface area contributed by atoms with E-state index in [0.29, 0.717) is 27.7 Å². The van der Waals surface area contributed by atoms with Crippen molar-refractivity contribution in [3.05, 3.63) is 75.1 Å². The van der Waals surface area contributed by atoms with Gasteiger partial charge in [0.15, 0.2) is 17.3 Å². The van der Waals surface area contributed by atoms with Crippen LogP contribution in [0.4, 0.5) is 5.00 Å². The molecule has 3 heterocycles. The Balaban J connectivity index is 1.26. The minimum Gasteiger partial charge on any atom is -0.448 e. The topological polar surface area (TPSA) is 64.8 Å². The van der Waals surface area contributed by atoms with Gasteiger partial charge in [0.1, 0.15) is 0 Å². The van der Waals surface area contributed by atoms with Crippen molar-refractivity contribution in [1.82, 2.24) is 4.90 Å². The number of hydrogen-bond donors (Lipinski definition) is 1. The summed E-state index contributed by atoms with van der Waals surface area (Å²) in [5, 5.41) is 3.15. The van der Waals surface area contributed by atoms with Gasteiger partial charge in [-0.3, -0.25) is 9.69 Å². The van der Waals surface area contributed by atoms with Crippen LogP contribution in [-0.2, 0) is 12.0 Å². The second-order valence-corrected chi connectivity index (χ2v) is 11.5. The summed E-state index contributed by atoms with van der Waals surface area (Å²) in [5.74, 6) is 0.988. The number of likely N-dealkylation sites (tertiary alicyclic amines) is 1. The molecule has 0 aliphatic carbocycles. The fourth-order valence-corrected chi connectivity index (χ4v) is 5.52.